The summed E-state index contributed by atoms with van der Waals surface area (Å²) in [7, 11) is 0. The van der Waals surface area contributed by atoms with Gasteiger partial charge in [0.1, 0.15) is 0 Å². The molecule has 2 rings (SSSR count). The molecule has 0 aromatic rings. The minimum Gasteiger partial charge on any atom is -0.394 e. The fourth-order valence-corrected chi connectivity index (χ4v) is 3.09. The minimum absolute atomic E-state index is 0.0119. The molecule has 4 heteroatoms. The summed E-state index contributed by atoms with van der Waals surface area (Å²) in [6.07, 6.45) is 4.61. The molecule has 1 amide bonds. The highest BCUT2D eigenvalue weighted by Gasteiger charge is 2.44. The highest BCUT2D eigenvalue weighted by atomic mass is 16.3. The second-order valence-electron chi connectivity index (χ2n) is 5.65. The first kappa shape index (κ1) is 11.9. The van der Waals surface area contributed by atoms with Crippen LogP contribution in [-0.2, 0) is 4.79 Å². The molecule has 2 fully saturated rings. The number of carbonyl (C=O) groups excluding carboxylic acids is 1. The number of carbonyl (C=O) groups is 1. The first-order valence-corrected chi connectivity index (χ1v) is 6.12. The number of aliphatic hydroxyl groups is 2. The van der Waals surface area contributed by atoms with Crippen molar-refractivity contribution in [1.29, 1.82) is 0 Å². The molecule has 2 bridgehead atoms. The fourth-order valence-electron chi connectivity index (χ4n) is 3.09. The number of nitrogens with one attached hydrogen (secondary N) is 1. The first-order valence-electron chi connectivity index (χ1n) is 6.12. The molecule has 0 heterocycles. The zero-order chi connectivity index (χ0) is 11.8. The lowest BCUT2D eigenvalue weighted by Crippen LogP contribution is -2.54. The standard InChI is InChI=1S/C12H21NO3/c1-12(6-14,7-15)13-11(16)10-5-8-2-3-9(10)4-8/h8-10,14-15H,2-7H2,1H3,(H,13,16). The Bertz CT molecular complexity index is 275. The third-order valence-corrected chi connectivity index (χ3v) is 4.20. The molecule has 3 N–H and O–H groups in total. The molecule has 0 saturated heterocycles. The van der Waals surface area contributed by atoms with Gasteiger partial charge in [0, 0.05) is 5.92 Å². The van der Waals surface area contributed by atoms with Crippen molar-refractivity contribution in [2.45, 2.75) is 38.1 Å². The zero-order valence-electron chi connectivity index (χ0n) is 9.78. The van der Waals surface area contributed by atoms with Crippen LogP contribution < -0.4 is 5.32 Å². The number of aliphatic hydroxyl groups excluding tert-OH is 2. The third-order valence-electron chi connectivity index (χ3n) is 4.20. The molecule has 4 nitrogen and oxygen atoms in total. The highest BCUT2D eigenvalue weighted by Crippen LogP contribution is 2.48. The molecule has 0 aromatic heterocycles. The van der Waals surface area contributed by atoms with Crippen LogP contribution in [0, 0.1) is 17.8 Å². The van der Waals surface area contributed by atoms with Gasteiger partial charge in [0.15, 0.2) is 0 Å². The molecule has 0 radical (unpaired) electrons. The van der Waals surface area contributed by atoms with Gasteiger partial charge in [-0.05, 0) is 38.0 Å². The van der Waals surface area contributed by atoms with Gasteiger partial charge in [0.05, 0.1) is 18.8 Å². The smallest absolute Gasteiger partial charge is 0.223 e. The maximum atomic E-state index is 12.0. The van der Waals surface area contributed by atoms with Crippen LogP contribution in [-0.4, -0.2) is 34.9 Å². The summed E-state index contributed by atoms with van der Waals surface area (Å²) >= 11 is 0. The van der Waals surface area contributed by atoms with E-state index in [-0.39, 0.29) is 25.0 Å². The van der Waals surface area contributed by atoms with Crippen molar-refractivity contribution in [3.8, 4) is 0 Å². The highest BCUT2D eigenvalue weighted by molar-refractivity contribution is 5.80. The lowest BCUT2D eigenvalue weighted by atomic mass is 9.87. The number of hydrogen-bond acceptors (Lipinski definition) is 3. The van der Waals surface area contributed by atoms with E-state index in [0.29, 0.717) is 5.92 Å². The van der Waals surface area contributed by atoms with E-state index in [1.54, 1.807) is 6.92 Å². The van der Waals surface area contributed by atoms with E-state index in [4.69, 9.17) is 10.2 Å². The van der Waals surface area contributed by atoms with Gasteiger partial charge in [-0.1, -0.05) is 6.42 Å². The Kier molecular flexibility index (Phi) is 3.22. The van der Waals surface area contributed by atoms with Crippen LogP contribution in [0.4, 0.5) is 0 Å². The second kappa shape index (κ2) is 4.34. The Labute approximate surface area is 96.0 Å². The Morgan fingerprint density at radius 1 is 1.31 bits per heavy atom. The Hall–Kier alpha value is -0.610. The van der Waals surface area contributed by atoms with E-state index >= 15 is 0 Å². The number of amides is 1. The summed E-state index contributed by atoms with van der Waals surface area (Å²) in [6, 6.07) is 0. The number of rotatable bonds is 4. The maximum absolute atomic E-state index is 12.0. The fraction of sp³-hybridized carbons (Fsp3) is 0.917. The van der Waals surface area contributed by atoms with Crippen molar-refractivity contribution in [3.05, 3.63) is 0 Å². The average Bonchev–Trinajstić information content (AvgIpc) is 2.90. The van der Waals surface area contributed by atoms with E-state index in [9.17, 15) is 4.79 Å². The Morgan fingerprint density at radius 2 is 2.00 bits per heavy atom. The summed E-state index contributed by atoms with van der Waals surface area (Å²) in [6.45, 7) is 1.21. The predicted molar refractivity (Wildman–Crippen MR) is 59.7 cm³/mol. The van der Waals surface area contributed by atoms with Crippen LogP contribution in [0.3, 0.4) is 0 Å². The molecule has 3 unspecified atom stereocenters. The van der Waals surface area contributed by atoms with Crippen LogP contribution in [0.15, 0.2) is 0 Å². The molecule has 0 spiro atoms. The maximum Gasteiger partial charge on any atom is 0.223 e. The van der Waals surface area contributed by atoms with Crippen LogP contribution in [0.25, 0.3) is 0 Å². The molecular formula is C12H21NO3. The molecule has 92 valence electrons. The molecule has 2 aliphatic carbocycles. The van der Waals surface area contributed by atoms with Gasteiger partial charge in [-0.2, -0.15) is 0 Å². The van der Waals surface area contributed by atoms with Crippen LogP contribution >= 0.6 is 0 Å². The van der Waals surface area contributed by atoms with E-state index in [2.05, 4.69) is 5.32 Å². The van der Waals surface area contributed by atoms with E-state index in [0.717, 1.165) is 18.8 Å². The van der Waals surface area contributed by atoms with Crippen molar-refractivity contribution >= 4 is 5.91 Å². The molecule has 3 atom stereocenters. The van der Waals surface area contributed by atoms with E-state index < -0.39 is 5.54 Å². The van der Waals surface area contributed by atoms with E-state index in [1.807, 2.05) is 0 Å². The van der Waals surface area contributed by atoms with Crippen molar-refractivity contribution in [2.75, 3.05) is 13.2 Å². The van der Waals surface area contributed by atoms with Gasteiger partial charge in [-0.15, -0.1) is 0 Å². The van der Waals surface area contributed by atoms with Gasteiger partial charge in [0.2, 0.25) is 5.91 Å². The normalized spacial score (nSPS) is 33.1. The largest absolute Gasteiger partial charge is 0.394 e. The topological polar surface area (TPSA) is 69.6 Å². The second-order valence-corrected chi connectivity index (χ2v) is 5.65. The van der Waals surface area contributed by atoms with Gasteiger partial charge >= 0.3 is 0 Å². The van der Waals surface area contributed by atoms with Crippen LogP contribution in [0.5, 0.6) is 0 Å². The van der Waals surface area contributed by atoms with Crippen molar-refractivity contribution < 1.29 is 15.0 Å². The number of hydrogen-bond donors (Lipinski definition) is 3. The molecule has 0 aromatic carbocycles. The minimum atomic E-state index is -0.876. The Morgan fingerprint density at radius 3 is 2.44 bits per heavy atom. The monoisotopic (exact) mass is 227 g/mol. The summed E-state index contributed by atoms with van der Waals surface area (Å²) in [5.41, 5.74) is -0.876. The third kappa shape index (κ3) is 2.09. The molecule has 16 heavy (non-hydrogen) atoms. The van der Waals surface area contributed by atoms with Crippen molar-refractivity contribution in [3.63, 3.8) is 0 Å². The van der Waals surface area contributed by atoms with Crippen LogP contribution in [0.1, 0.15) is 32.6 Å². The lowest BCUT2D eigenvalue weighted by molar-refractivity contribution is -0.129. The summed E-state index contributed by atoms with van der Waals surface area (Å²) in [5.74, 6) is 1.39. The van der Waals surface area contributed by atoms with Gasteiger partial charge < -0.3 is 15.5 Å². The lowest BCUT2D eigenvalue weighted by Gasteiger charge is -2.30. The molecular weight excluding hydrogens is 206 g/mol. The van der Waals surface area contributed by atoms with Crippen LogP contribution in [0.2, 0.25) is 0 Å². The van der Waals surface area contributed by atoms with Crippen molar-refractivity contribution in [2.24, 2.45) is 17.8 Å². The average molecular weight is 227 g/mol. The van der Waals surface area contributed by atoms with Gasteiger partial charge in [-0.25, -0.2) is 0 Å². The van der Waals surface area contributed by atoms with Gasteiger partial charge in [0.25, 0.3) is 0 Å². The van der Waals surface area contributed by atoms with E-state index in [1.165, 1.54) is 12.8 Å². The SMILES string of the molecule is CC(CO)(CO)NC(=O)C1CC2CCC1C2. The van der Waals surface area contributed by atoms with Crippen molar-refractivity contribution in [1.82, 2.24) is 5.32 Å². The molecule has 2 aliphatic rings. The predicted octanol–water partition coefficient (Wildman–Crippen LogP) is 0.282. The Balaban J connectivity index is 1.93. The van der Waals surface area contributed by atoms with Gasteiger partial charge in [-0.3, -0.25) is 4.79 Å². The number of fused-ring (bicyclic) bond motifs is 2. The summed E-state index contributed by atoms with van der Waals surface area (Å²) in [5, 5.41) is 21.0. The molecule has 2 saturated carbocycles. The zero-order valence-corrected chi connectivity index (χ0v) is 9.78. The summed E-state index contributed by atoms with van der Waals surface area (Å²) in [4.78, 5) is 12.0. The summed E-state index contributed by atoms with van der Waals surface area (Å²) < 4.78 is 0. The quantitative estimate of drug-likeness (QED) is 0.646. The molecule has 0 aliphatic heterocycles. The first-order chi connectivity index (χ1) is 7.58.